The molecule has 3 heteroatoms. The minimum Gasteiger partial charge on any atom is -0.342 e. The van der Waals surface area contributed by atoms with Crippen molar-refractivity contribution in [3.63, 3.8) is 0 Å². The largest absolute Gasteiger partial charge is 0.342 e. The third kappa shape index (κ3) is 5.52. The predicted molar refractivity (Wildman–Crippen MR) is 81.2 cm³/mol. The summed E-state index contributed by atoms with van der Waals surface area (Å²) in [7, 11) is 2.22. The van der Waals surface area contributed by atoms with Crippen molar-refractivity contribution in [1.29, 1.82) is 0 Å². The molecule has 0 radical (unpaired) electrons. The van der Waals surface area contributed by atoms with Crippen LogP contribution in [-0.4, -0.2) is 48.9 Å². The van der Waals surface area contributed by atoms with E-state index in [-0.39, 0.29) is 5.41 Å². The molecule has 0 saturated carbocycles. The quantitative estimate of drug-likeness (QED) is 0.765. The molecule has 19 heavy (non-hydrogen) atoms. The fraction of sp³-hybridized carbons (Fsp3) is 0.938. The molecule has 1 heterocycles. The van der Waals surface area contributed by atoms with Gasteiger partial charge in [-0.05, 0) is 38.8 Å². The van der Waals surface area contributed by atoms with Crippen LogP contribution in [-0.2, 0) is 4.79 Å². The standard InChI is InChI=1S/C16H32N2O/c1-6-7-10-17(5)13-14-8-11-18(12-9-14)15(19)16(2,3)4/h14H,6-13H2,1-5H3. The monoisotopic (exact) mass is 268 g/mol. The highest BCUT2D eigenvalue weighted by Gasteiger charge is 2.30. The molecule has 112 valence electrons. The lowest BCUT2D eigenvalue weighted by atomic mass is 9.91. The van der Waals surface area contributed by atoms with E-state index in [1.54, 1.807) is 0 Å². The minimum atomic E-state index is -0.231. The van der Waals surface area contributed by atoms with Crippen molar-refractivity contribution in [3.05, 3.63) is 0 Å². The maximum absolute atomic E-state index is 12.2. The van der Waals surface area contributed by atoms with Crippen LogP contribution in [0.5, 0.6) is 0 Å². The van der Waals surface area contributed by atoms with Crippen LogP contribution in [0.1, 0.15) is 53.4 Å². The van der Waals surface area contributed by atoms with Gasteiger partial charge in [0, 0.05) is 25.0 Å². The Labute approximate surface area is 119 Å². The molecule has 1 fully saturated rings. The van der Waals surface area contributed by atoms with Crippen molar-refractivity contribution < 1.29 is 4.79 Å². The lowest BCUT2D eigenvalue weighted by molar-refractivity contribution is -0.140. The summed E-state index contributed by atoms with van der Waals surface area (Å²) in [5.74, 6) is 1.08. The molecule has 0 atom stereocenters. The molecule has 1 aliphatic heterocycles. The van der Waals surface area contributed by atoms with Gasteiger partial charge >= 0.3 is 0 Å². The van der Waals surface area contributed by atoms with Crippen LogP contribution in [0.3, 0.4) is 0 Å². The number of piperidine rings is 1. The number of hydrogen-bond acceptors (Lipinski definition) is 2. The zero-order valence-corrected chi connectivity index (χ0v) is 13.5. The molecule has 1 saturated heterocycles. The molecule has 1 aliphatic rings. The molecule has 0 aromatic carbocycles. The van der Waals surface area contributed by atoms with Crippen molar-refractivity contribution in [2.45, 2.75) is 53.4 Å². The molecule has 0 N–H and O–H groups in total. The van der Waals surface area contributed by atoms with Crippen molar-refractivity contribution in [2.75, 3.05) is 33.2 Å². The Morgan fingerprint density at radius 2 is 1.84 bits per heavy atom. The molecular formula is C16H32N2O. The van der Waals surface area contributed by atoms with Gasteiger partial charge in [0.15, 0.2) is 0 Å². The van der Waals surface area contributed by atoms with Crippen molar-refractivity contribution in [1.82, 2.24) is 9.80 Å². The molecule has 0 aromatic rings. The van der Waals surface area contributed by atoms with Crippen LogP contribution in [0, 0.1) is 11.3 Å². The van der Waals surface area contributed by atoms with E-state index in [4.69, 9.17) is 0 Å². The first-order chi connectivity index (χ1) is 8.84. The highest BCUT2D eigenvalue weighted by molar-refractivity contribution is 5.81. The number of hydrogen-bond donors (Lipinski definition) is 0. The number of amides is 1. The molecule has 0 spiro atoms. The smallest absolute Gasteiger partial charge is 0.227 e. The lowest BCUT2D eigenvalue weighted by Gasteiger charge is -2.37. The SMILES string of the molecule is CCCCN(C)CC1CCN(C(=O)C(C)(C)C)CC1. The maximum atomic E-state index is 12.2. The molecule has 1 rings (SSSR count). The molecule has 0 aromatic heterocycles. The Kier molecular flexibility index (Phi) is 6.31. The van der Waals surface area contributed by atoms with Gasteiger partial charge in [0.25, 0.3) is 0 Å². The Balaban J connectivity index is 2.31. The fourth-order valence-electron chi connectivity index (χ4n) is 2.75. The highest BCUT2D eigenvalue weighted by atomic mass is 16.2. The van der Waals surface area contributed by atoms with E-state index in [1.807, 2.05) is 20.8 Å². The van der Waals surface area contributed by atoms with Crippen LogP contribution in [0.25, 0.3) is 0 Å². The van der Waals surface area contributed by atoms with E-state index in [2.05, 4.69) is 23.8 Å². The summed E-state index contributed by atoms with van der Waals surface area (Å²) in [6.07, 6.45) is 4.89. The molecule has 0 unspecified atom stereocenters. The van der Waals surface area contributed by atoms with Crippen LogP contribution >= 0.6 is 0 Å². The molecule has 0 aliphatic carbocycles. The van der Waals surface area contributed by atoms with Crippen LogP contribution in [0.4, 0.5) is 0 Å². The van der Waals surface area contributed by atoms with Crippen molar-refractivity contribution >= 4 is 5.91 Å². The number of carbonyl (C=O) groups excluding carboxylic acids is 1. The summed E-state index contributed by atoms with van der Waals surface area (Å²) >= 11 is 0. The second-order valence-electron chi connectivity index (χ2n) is 7.10. The van der Waals surface area contributed by atoms with Gasteiger partial charge in [-0.15, -0.1) is 0 Å². The van der Waals surface area contributed by atoms with Gasteiger partial charge < -0.3 is 9.80 Å². The van der Waals surface area contributed by atoms with Gasteiger partial charge in [-0.25, -0.2) is 0 Å². The number of rotatable bonds is 5. The highest BCUT2D eigenvalue weighted by Crippen LogP contribution is 2.23. The van der Waals surface area contributed by atoms with E-state index in [0.29, 0.717) is 5.91 Å². The number of likely N-dealkylation sites (tertiary alicyclic amines) is 1. The van der Waals surface area contributed by atoms with Crippen molar-refractivity contribution in [2.24, 2.45) is 11.3 Å². The first-order valence-electron chi connectivity index (χ1n) is 7.82. The fourth-order valence-corrected chi connectivity index (χ4v) is 2.75. The number of carbonyl (C=O) groups is 1. The molecule has 3 nitrogen and oxygen atoms in total. The van der Waals surface area contributed by atoms with Gasteiger partial charge in [-0.1, -0.05) is 34.1 Å². The van der Waals surface area contributed by atoms with Crippen molar-refractivity contribution in [3.8, 4) is 0 Å². The zero-order chi connectivity index (χ0) is 14.5. The van der Waals surface area contributed by atoms with E-state index < -0.39 is 0 Å². The molecule has 1 amide bonds. The summed E-state index contributed by atoms with van der Waals surface area (Å²) < 4.78 is 0. The Morgan fingerprint density at radius 3 is 2.32 bits per heavy atom. The van der Waals surface area contributed by atoms with E-state index in [1.165, 1.54) is 25.9 Å². The van der Waals surface area contributed by atoms with Gasteiger partial charge in [-0.3, -0.25) is 4.79 Å². The average molecular weight is 268 g/mol. The zero-order valence-electron chi connectivity index (χ0n) is 13.5. The van der Waals surface area contributed by atoms with E-state index >= 15 is 0 Å². The van der Waals surface area contributed by atoms with Crippen LogP contribution in [0.15, 0.2) is 0 Å². The summed E-state index contributed by atoms with van der Waals surface area (Å²) in [6.45, 7) is 12.6. The van der Waals surface area contributed by atoms with Gasteiger partial charge in [0.1, 0.15) is 0 Å². The van der Waals surface area contributed by atoms with Gasteiger partial charge in [0.2, 0.25) is 5.91 Å². The normalized spacial score (nSPS) is 18.1. The average Bonchev–Trinajstić information content (AvgIpc) is 2.35. The summed E-state index contributed by atoms with van der Waals surface area (Å²) in [4.78, 5) is 16.7. The second-order valence-corrected chi connectivity index (χ2v) is 7.10. The summed E-state index contributed by atoms with van der Waals surface area (Å²) in [6, 6.07) is 0. The Hall–Kier alpha value is -0.570. The van der Waals surface area contributed by atoms with Gasteiger partial charge in [0.05, 0.1) is 0 Å². The Bertz CT molecular complexity index is 275. The number of unbranched alkanes of at least 4 members (excludes halogenated alkanes) is 1. The summed E-state index contributed by atoms with van der Waals surface area (Å²) in [5, 5.41) is 0. The first kappa shape index (κ1) is 16.5. The van der Waals surface area contributed by atoms with Gasteiger partial charge in [-0.2, -0.15) is 0 Å². The molecular weight excluding hydrogens is 236 g/mol. The topological polar surface area (TPSA) is 23.6 Å². The second kappa shape index (κ2) is 7.28. The number of nitrogens with zero attached hydrogens (tertiary/aromatic N) is 2. The first-order valence-corrected chi connectivity index (χ1v) is 7.82. The maximum Gasteiger partial charge on any atom is 0.227 e. The predicted octanol–water partition coefficient (Wildman–Crippen LogP) is 3.00. The summed E-state index contributed by atoms with van der Waals surface area (Å²) in [5.41, 5.74) is -0.231. The Morgan fingerprint density at radius 1 is 1.26 bits per heavy atom. The minimum absolute atomic E-state index is 0.231. The van der Waals surface area contributed by atoms with E-state index in [9.17, 15) is 4.79 Å². The van der Waals surface area contributed by atoms with E-state index in [0.717, 1.165) is 31.8 Å². The van der Waals surface area contributed by atoms with Crippen LogP contribution in [0.2, 0.25) is 0 Å². The third-order valence-corrected chi connectivity index (χ3v) is 4.01. The third-order valence-electron chi connectivity index (χ3n) is 4.01. The molecule has 0 bridgehead atoms. The lowest BCUT2D eigenvalue weighted by Crippen LogP contribution is -2.45. The van der Waals surface area contributed by atoms with Crippen LogP contribution < -0.4 is 0 Å².